The first-order valence-corrected chi connectivity index (χ1v) is 8.90. The summed E-state index contributed by atoms with van der Waals surface area (Å²) in [6.45, 7) is 11.6. The molecule has 0 bridgehead atoms. The van der Waals surface area contributed by atoms with E-state index in [-0.39, 0.29) is 12.2 Å². The second kappa shape index (κ2) is 10.5. The minimum atomic E-state index is -0.580. The number of ether oxygens (including phenoxy) is 2. The Morgan fingerprint density at radius 2 is 1.62 bits per heavy atom. The predicted octanol–water partition coefficient (Wildman–Crippen LogP) is 4.78. The standard InChI is InChI=1S/C22H28O4/c1-6-7-8-9-10-11-16-25-21(24)19-14-12-18(13-15-19)17(2)20(23)26-22(3,4)5/h12-15H,2,6-8,11,16H2,1,3-5H3. The second-order valence-electron chi connectivity index (χ2n) is 6.90. The minimum absolute atomic E-state index is 0.252. The fourth-order valence-corrected chi connectivity index (χ4v) is 1.99. The van der Waals surface area contributed by atoms with Gasteiger partial charge in [0, 0.05) is 12.8 Å². The molecule has 0 spiro atoms. The van der Waals surface area contributed by atoms with Crippen molar-refractivity contribution in [3.8, 4) is 11.8 Å². The summed E-state index contributed by atoms with van der Waals surface area (Å²) in [5, 5.41) is 0. The van der Waals surface area contributed by atoms with Crippen LogP contribution in [0.15, 0.2) is 30.8 Å². The number of hydrogen-bond donors (Lipinski definition) is 0. The van der Waals surface area contributed by atoms with E-state index in [9.17, 15) is 9.59 Å². The van der Waals surface area contributed by atoms with Gasteiger partial charge in [-0.1, -0.05) is 38.0 Å². The molecule has 0 aromatic heterocycles. The minimum Gasteiger partial charge on any atom is -0.461 e. The van der Waals surface area contributed by atoms with Crippen LogP contribution in [0.2, 0.25) is 0 Å². The summed E-state index contributed by atoms with van der Waals surface area (Å²) in [5.41, 5.74) is 0.702. The zero-order valence-electron chi connectivity index (χ0n) is 16.2. The number of esters is 2. The van der Waals surface area contributed by atoms with Crippen molar-refractivity contribution in [3.05, 3.63) is 42.0 Å². The van der Waals surface area contributed by atoms with Crippen LogP contribution in [0, 0.1) is 11.8 Å². The Kier molecular flexibility index (Phi) is 8.64. The molecular weight excluding hydrogens is 328 g/mol. The molecule has 0 saturated heterocycles. The third-order valence-corrected chi connectivity index (χ3v) is 3.35. The SMILES string of the molecule is C=C(C(=O)OC(C)(C)C)c1ccc(C(=O)OCCC#CCCCC)cc1. The Morgan fingerprint density at radius 1 is 1.04 bits per heavy atom. The smallest absolute Gasteiger partial charge is 0.338 e. The summed E-state index contributed by atoms with van der Waals surface area (Å²) in [5.74, 6) is 5.16. The van der Waals surface area contributed by atoms with Crippen LogP contribution in [0.1, 0.15) is 69.3 Å². The summed E-state index contributed by atoms with van der Waals surface area (Å²) in [7, 11) is 0. The van der Waals surface area contributed by atoms with Gasteiger partial charge in [0.1, 0.15) is 12.2 Å². The molecular formula is C22H28O4. The van der Waals surface area contributed by atoms with Crippen molar-refractivity contribution in [1.82, 2.24) is 0 Å². The predicted molar refractivity (Wildman–Crippen MR) is 104 cm³/mol. The monoisotopic (exact) mass is 356 g/mol. The van der Waals surface area contributed by atoms with Crippen LogP contribution in [0.4, 0.5) is 0 Å². The highest BCUT2D eigenvalue weighted by Gasteiger charge is 2.19. The van der Waals surface area contributed by atoms with Crippen LogP contribution in [0.25, 0.3) is 5.57 Å². The van der Waals surface area contributed by atoms with Crippen molar-refractivity contribution in [2.75, 3.05) is 6.61 Å². The van der Waals surface area contributed by atoms with Gasteiger partial charge in [0.2, 0.25) is 0 Å². The molecule has 140 valence electrons. The molecule has 4 heteroatoms. The highest BCUT2D eigenvalue weighted by molar-refractivity contribution is 6.15. The Hall–Kier alpha value is -2.54. The second-order valence-corrected chi connectivity index (χ2v) is 6.90. The molecule has 0 heterocycles. The molecule has 1 aromatic carbocycles. The first-order chi connectivity index (χ1) is 12.2. The summed E-state index contributed by atoms with van der Waals surface area (Å²) < 4.78 is 10.5. The lowest BCUT2D eigenvalue weighted by Gasteiger charge is -2.20. The number of benzene rings is 1. The highest BCUT2D eigenvalue weighted by Crippen LogP contribution is 2.19. The average molecular weight is 356 g/mol. The van der Waals surface area contributed by atoms with Crippen LogP contribution in [0.3, 0.4) is 0 Å². The van der Waals surface area contributed by atoms with Gasteiger partial charge in [-0.05, 0) is 44.9 Å². The van der Waals surface area contributed by atoms with Crippen LogP contribution in [-0.2, 0) is 14.3 Å². The lowest BCUT2D eigenvalue weighted by Crippen LogP contribution is -2.24. The molecule has 0 aliphatic carbocycles. The maximum absolute atomic E-state index is 12.0. The molecule has 0 unspecified atom stereocenters. The van der Waals surface area contributed by atoms with Gasteiger partial charge in [-0.2, -0.15) is 0 Å². The van der Waals surface area contributed by atoms with Gasteiger partial charge in [0.25, 0.3) is 0 Å². The first kappa shape index (κ1) is 21.5. The topological polar surface area (TPSA) is 52.6 Å². The van der Waals surface area contributed by atoms with E-state index in [0.29, 0.717) is 17.5 Å². The molecule has 0 amide bonds. The third kappa shape index (κ3) is 8.02. The molecule has 0 saturated carbocycles. The van der Waals surface area contributed by atoms with Gasteiger partial charge in [0.05, 0.1) is 11.1 Å². The first-order valence-electron chi connectivity index (χ1n) is 8.90. The normalized spacial score (nSPS) is 10.5. The van der Waals surface area contributed by atoms with E-state index in [0.717, 1.165) is 19.3 Å². The van der Waals surface area contributed by atoms with E-state index in [4.69, 9.17) is 9.47 Å². The van der Waals surface area contributed by atoms with Crippen molar-refractivity contribution in [1.29, 1.82) is 0 Å². The third-order valence-electron chi connectivity index (χ3n) is 3.35. The largest absolute Gasteiger partial charge is 0.461 e. The van der Waals surface area contributed by atoms with E-state index in [1.165, 1.54) is 0 Å². The molecule has 1 aromatic rings. The Bertz CT molecular complexity index is 682. The van der Waals surface area contributed by atoms with Gasteiger partial charge < -0.3 is 9.47 Å². The van der Waals surface area contributed by atoms with E-state index < -0.39 is 17.5 Å². The number of hydrogen-bond acceptors (Lipinski definition) is 4. The number of carbonyl (C=O) groups is 2. The molecule has 0 fully saturated rings. The van der Waals surface area contributed by atoms with Gasteiger partial charge in [-0.15, -0.1) is 5.92 Å². The van der Waals surface area contributed by atoms with Gasteiger partial charge >= 0.3 is 11.9 Å². The molecule has 0 atom stereocenters. The molecule has 1 rings (SSSR count). The molecule has 0 aliphatic rings. The van der Waals surface area contributed by atoms with Crippen molar-refractivity contribution >= 4 is 17.5 Å². The Labute approximate surface area is 156 Å². The van der Waals surface area contributed by atoms with Crippen LogP contribution in [-0.4, -0.2) is 24.1 Å². The molecule has 0 N–H and O–H groups in total. The van der Waals surface area contributed by atoms with Crippen molar-refractivity contribution in [2.24, 2.45) is 0 Å². The molecule has 0 radical (unpaired) electrons. The van der Waals surface area contributed by atoms with Crippen molar-refractivity contribution in [2.45, 2.75) is 59.0 Å². The fourth-order valence-electron chi connectivity index (χ4n) is 1.99. The number of unbranched alkanes of at least 4 members (excludes halogenated alkanes) is 2. The summed E-state index contributed by atoms with van der Waals surface area (Å²) in [6, 6.07) is 6.54. The number of carbonyl (C=O) groups excluding carboxylic acids is 2. The van der Waals surface area contributed by atoms with Gasteiger partial charge in [-0.3, -0.25) is 0 Å². The summed E-state index contributed by atoms with van der Waals surface area (Å²) in [6.07, 6.45) is 3.63. The van der Waals surface area contributed by atoms with Crippen LogP contribution < -0.4 is 0 Å². The molecule has 26 heavy (non-hydrogen) atoms. The van der Waals surface area contributed by atoms with E-state index >= 15 is 0 Å². The molecule has 0 aliphatic heterocycles. The van der Waals surface area contributed by atoms with Gasteiger partial charge in [0.15, 0.2) is 0 Å². The Morgan fingerprint density at radius 3 is 2.19 bits per heavy atom. The quantitative estimate of drug-likeness (QED) is 0.305. The lowest BCUT2D eigenvalue weighted by atomic mass is 10.1. The Balaban J connectivity index is 2.53. The molecule has 4 nitrogen and oxygen atoms in total. The number of rotatable bonds is 7. The maximum atomic E-state index is 12.0. The van der Waals surface area contributed by atoms with Crippen molar-refractivity contribution < 1.29 is 19.1 Å². The maximum Gasteiger partial charge on any atom is 0.338 e. The van der Waals surface area contributed by atoms with Gasteiger partial charge in [-0.25, -0.2) is 9.59 Å². The summed E-state index contributed by atoms with van der Waals surface area (Å²) >= 11 is 0. The zero-order chi connectivity index (χ0) is 19.6. The zero-order valence-corrected chi connectivity index (χ0v) is 16.2. The fraction of sp³-hybridized carbons (Fsp3) is 0.455. The van der Waals surface area contributed by atoms with E-state index in [1.54, 1.807) is 45.0 Å². The lowest BCUT2D eigenvalue weighted by molar-refractivity contribution is -0.147. The van der Waals surface area contributed by atoms with Crippen LogP contribution >= 0.6 is 0 Å². The van der Waals surface area contributed by atoms with E-state index in [1.807, 2.05) is 0 Å². The summed E-state index contributed by atoms with van der Waals surface area (Å²) in [4.78, 5) is 24.0. The highest BCUT2D eigenvalue weighted by atomic mass is 16.6. The average Bonchev–Trinajstić information content (AvgIpc) is 2.58. The van der Waals surface area contributed by atoms with E-state index in [2.05, 4.69) is 25.3 Å². The van der Waals surface area contributed by atoms with Crippen molar-refractivity contribution in [3.63, 3.8) is 0 Å². The van der Waals surface area contributed by atoms with Crippen LogP contribution in [0.5, 0.6) is 0 Å².